The van der Waals surface area contributed by atoms with E-state index in [0.717, 1.165) is 35.8 Å². The van der Waals surface area contributed by atoms with Crippen LogP contribution in [0.5, 0.6) is 5.75 Å². The van der Waals surface area contributed by atoms with E-state index in [0.29, 0.717) is 5.92 Å². The molecule has 0 spiro atoms. The molecule has 0 bridgehead atoms. The standard InChI is InChI=1S/C16H23N3O.ClH/c1-12(2)10-19-11-15(13(3)18-19)17-9-14-7-5-6-8-16(14)20-4;/h5-8,11-12,17H,9-10H2,1-4H3;1H. The SMILES string of the molecule is COc1ccccc1CNc1cn(CC(C)C)nc1C.Cl. The number of halogens is 1. The Kier molecular flexibility index (Phi) is 6.56. The van der Waals surface area contributed by atoms with Crippen LogP contribution < -0.4 is 10.1 Å². The van der Waals surface area contributed by atoms with Crippen LogP contribution in [0.2, 0.25) is 0 Å². The molecule has 0 amide bonds. The highest BCUT2D eigenvalue weighted by Gasteiger charge is 2.07. The number of aryl methyl sites for hydroxylation is 1. The lowest BCUT2D eigenvalue weighted by Crippen LogP contribution is -2.04. The zero-order valence-electron chi connectivity index (χ0n) is 13.1. The van der Waals surface area contributed by atoms with Gasteiger partial charge in [0.2, 0.25) is 0 Å². The lowest BCUT2D eigenvalue weighted by Gasteiger charge is -2.09. The molecule has 0 fully saturated rings. The Morgan fingerprint density at radius 2 is 2.00 bits per heavy atom. The molecule has 1 N–H and O–H groups in total. The molecule has 0 saturated heterocycles. The summed E-state index contributed by atoms with van der Waals surface area (Å²) in [5.74, 6) is 1.50. The molecule has 1 aromatic heterocycles. The van der Waals surface area contributed by atoms with Gasteiger partial charge in [0.25, 0.3) is 0 Å². The molecular weight excluding hydrogens is 286 g/mol. The number of anilines is 1. The summed E-state index contributed by atoms with van der Waals surface area (Å²) in [7, 11) is 1.70. The fraction of sp³-hybridized carbons (Fsp3) is 0.438. The largest absolute Gasteiger partial charge is 0.496 e. The van der Waals surface area contributed by atoms with Gasteiger partial charge in [-0.1, -0.05) is 32.0 Å². The fourth-order valence-electron chi connectivity index (χ4n) is 2.20. The first-order chi connectivity index (χ1) is 9.60. The molecule has 0 radical (unpaired) electrons. The van der Waals surface area contributed by atoms with Crippen LogP contribution in [0, 0.1) is 12.8 Å². The zero-order valence-corrected chi connectivity index (χ0v) is 13.9. The van der Waals surface area contributed by atoms with Crippen molar-refractivity contribution in [3.63, 3.8) is 0 Å². The van der Waals surface area contributed by atoms with E-state index >= 15 is 0 Å². The molecule has 0 saturated carbocycles. The quantitative estimate of drug-likeness (QED) is 0.880. The van der Waals surface area contributed by atoms with Gasteiger partial charge in [-0.3, -0.25) is 4.68 Å². The van der Waals surface area contributed by atoms with Crippen LogP contribution in [0.1, 0.15) is 25.1 Å². The van der Waals surface area contributed by atoms with Crippen LogP contribution in [0.25, 0.3) is 0 Å². The lowest BCUT2D eigenvalue weighted by atomic mass is 10.2. The van der Waals surface area contributed by atoms with Gasteiger partial charge in [0.15, 0.2) is 0 Å². The van der Waals surface area contributed by atoms with Gasteiger partial charge < -0.3 is 10.1 Å². The number of methoxy groups -OCH3 is 1. The Labute approximate surface area is 132 Å². The van der Waals surface area contributed by atoms with E-state index in [1.165, 1.54) is 0 Å². The van der Waals surface area contributed by atoms with Gasteiger partial charge in [0.05, 0.1) is 18.5 Å². The highest BCUT2D eigenvalue weighted by Crippen LogP contribution is 2.20. The van der Waals surface area contributed by atoms with Gasteiger partial charge in [0.1, 0.15) is 5.75 Å². The summed E-state index contributed by atoms with van der Waals surface area (Å²) in [5.41, 5.74) is 3.25. The molecule has 21 heavy (non-hydrogen) atoms. The maximum absolute atomic E-state index is 5.36. The maximum atomic E-state index is 5.36. The van der Waals surface area contributed by atoms with Gasteiger partial charge in [-0.25, -0.2) is 0 Å². The van der Waals surface area contributed by atoms with Gasteiger partial charge in [-0.05, 0) is 18.9 Å². The topological polar surface area (TPSA) is 39.1 Å². The van der Waals surface area contributed by atoms with E-state index in [4.69, 9.17) is 4.74 Å². The Bertz CT molecular complexity index is 566. The number of aromatic nitrogens is 2. The summed E-state index contributed by atoms with van der Waals surface area (Å²) in [4.78, 5) is 0. The average molecular weight is 310 g/mol. The lowest BCUT2D eigenvalue weighted by molar-refractivity contribution is 0.410. The number of nitrogens with one attached hydrogen (secondary N) is 1. The highest BCUT2D eigenvalue weighted by atomic mass is 35.5. The van der Waals surface area contributed by atoms with Crippen molar-refractivity contribution in [3.05, 3.63) is 41.7 Å². The van der Waals surface area contributed by atoms with E-state index in [-0.39, 0.29) is 12.4 Å². The average Bonchev–Trinajstić information content (AvgIpc) is 2.76. The molecule has 1 aromatic carbocycles. The van der Waals surface area contributed by atoms with E-state index in [1.54, 1.807) is 7.11 Å². The van der Waals surface area contributed by atoms with Crippen LogP contribution in [0.4, 0.5) is 5.69 Å². The molecule has 0 aliphatic rings. The summed E-state index contributed by atoms with van der Waals surface area (Å²) in [6, 6.07) is 8.05. The maximum Gasteiger partial charge on any atom is 0.123 e. The summed E-state index contributed by atoms with van der Waals surface area (Å²) in [5, 5.41) is 7.96. The van der Waals surface area contributed by atoms with E-state index < -0.39 is 0 Å². The third-order valence-electron chi connectivity index (χ3n) is 3.16. The van der Waals surface area contributed by atoms with Crippen molar-refractivity contribution in [1.82, 2.24) is 9.78 Å². The smallest absolute Gasteiger partial charge is 0.123 e. The number of ether oxygens (including phenoxy) is 1. The van der Waals surface area contributed by atoms with E-state index in [1.807, 2.05) is 29.8 Å². The van der Waals surface area contributed by atoms with Crippen molar-refractivity contribution >= 4 is 18.1 Å². The van der Waals surface area contributed by atoms with Crippen molar-refractivity contribution in [1.29, 1.82) is 0 Å². The Balaban J connectivity index is 0.00000220. The third kappa shape index (κ3) is 4.67. The minimum atomic E-state index is 0. The second-order valence-corrected chi connectivity index (χ2v) is 5.41. The molecule has 1 heterocycles. The van der Waals surface area contributed by atoms with Gasteiger partial charge in [-0.2, -0.15) is 5.10 Å². The van der Waals surface area contributed by atoms with Crippen LogP contribution >= 0.6 is 12.4 Å². The number of nitrogens with zero attached hydrogens (tertiary/aromatic N) is 2. The molecular formula is C16H24ClN3O. The number of para-hydroxylation sites is 1. The summed E-state index contributed by atoms with van der Waals surface area (Å²) >= 11 is 0. The van der Waals surface area contributed by atoms with Gasteiger partial charge in [-0.15, -0.1) is 12.4 Å². The number of rotatable bonds is 6. The van der Waals surface area contributed by atoms with Crippen molar-refractivity contribution in [2.24, 2.45) is 5.92 Å². The number of hydrogen-bond donors (Lipinski definition) is 1. The molecule has 0 unspecified atom stereocenters. The molecule has 4 nitrogen and oxygen atoms in total. The molecule has 2 rings (SSSR count). The number of hydrogen-bond acceptors (Lipinski definition) is 3. The third-order valence-corrected chi connectivity index (χ3v) is 3.16. The predicted molar refractivity (Wildman–Crippen MR) is 89.4 cm³/mol. The van der Waals surface area contributed by atoms with Crippen molar-refractivity contribution < 1.29 is 4.74 Å². The second-order valence-electron chi connectivity index (χ2n) is 5.41. The van der Waals surface area contributed by atoms with E-state index in [2.05, 4.69) is 36.5 Å². The van der Waals surface area contributed by atoms with Gasteiger partial charge in [0, 0.05) is 24.8 Å². The predicted octanol–water partition coefficient (Wildman–Crippen LogP) is 3.89. The van der Waals surface area contributed by atoms with Crippen molar-refractivity contribution in [2.45, 2.75) is 33.9 Å². The van der Waals surface area contributed by atoms with Crippen molar-refractivity contribution in [3.8, 4) is 5.75 Å². The first kappa shape index (κ1) is 17.4. The number of benzene rings is 1. The van der Waals surface area contributed by atoms with Crippen LogP contribution in [0.15, 0.2) is 30.5 Å². The minimum Gasteiger partial charge on any atom is -0.496 e. The molecule has 0 aliphatic carbocycles. The minimum absolute atomic E-state index is 0. The summed E-state index contributed by atoms with van der Waals surface area (Å²) in [6.45, 7) is 8.09. The zero-order chi connectivity index (χ0) is 14.5. The molecule has 0 atom stereocenters. The summed E-state index contributed by atoms with van der Waals surface area (Å²) in [6.07, 6.45) is 2.07. The Hall–Kier alpha value is -1.68. The van der Waals surface area contributed by atoms with Crippen LogP contribution in [0.3, 0.4) is 0 Å². The van der Waals surface area contributed by atoms with Crippen LogP contribution in [-0.2, 0) is 13.1 Å². The molecule has 116 valence electrons. The molecule has 0 aliphatic heterocycles. The summed E-state index contributed by atoms with van der Waals surface area (Å²) < 4.78 is 7.37. The van der Waals surface area contributed by atoms with Gasteiger partial charge >= 0.3 is 0 Å². The van der Waals surface area contributed by atoms with E-state index in [9.17, 15) is 0 Å². The van der Waals surface area contributed by atoms with Crippen molar-refractivity contribution in [2.75, 3.05) is 12.4 Å². The fourth-order valence-corrected chi connectivity index (χ4v) is 2.20. The molecule has 2 aromatic rings. The van der Waals surface area contributed by atoms with Crippen LogP contribution in [-0.4, -0.2) is 16.9 Å². The normalized spacial score (nSPS) is 10.3. The Morgan fingerprint density at radius 3 is 2.67 bits per heavy atom. The first-order valence-corrected chi connectivity index (χ1v) is 7.00. The molecule has 5 heteroatoms. The highest BCUT2D eigenvalue weighted by molar-refractivity contribution is 5.85. The first-order valence-electron chi connectivity index (χ1n) is 7.00. The monoisotopic (exact) mass is 309 g/mol. The second kappa shape index (κ2) is 7.93. The Morgan fingerprint density at radius 1 is 1.29 bits per heavy atom.